The van der Waals surface area contributed by atoms with E-state index in [1.54, 1.807) is 0 Å². The summed E-state index contributed by atoms with van der Waals surface area (Å²) in [6.07, 6.45) is 0. The Morgan fingerprint density at radius 2 is 1.08 bits per heavy atom. The molecule has 8 rings (SSSR count). The van der Waals surface area contributed by atoms with Gasteiger partial charge in [-0.3, -0.25) is 0 Å². The highest BCUT2D eigenvalue weighted by molar-refractivity contribution is 7.20. The summed E-state index contributed by atoms with van der Waals surface area (Å²) in [7, 11) is -2.99. The molecule has 50 heavy (non-hydrogen) atoms. The second kappa shape index (κ2) is 12.6. The van der Waals surface area contributed by atoms with Crippen molar-refractivity contribution < 1.29 is 0 Å². The summed E-state index contributed by atoms with van der Waals surface area (Å²) in [5, 5.41) is 27.1. The fourth-order valence-corrected chi connectivity index (χ4v) is 12.3. The standard InChI is InChI=1S/C45H28N4Si/c1-48-41-29-37(50(34-15-5-2-6-16-34,35-17-7-3-8-18-35)36-19-9-4-10-20-36)28-33(31-47)45(41)39-22-12-14-24-43(39)49-42-23-13-11-21-38(42)40-27-32(30-46)25-26-44(40)49/h2-29H. The van der Waals surface area contributed by atoms with Crippen molar-refractivity contribution in [1.82, 2.24) is 4.57 Å². The number of hydrogen-bond acceptors (Lipinski definition) is 2. The molecule has 0 aliphatic heterocycles. The first-order valence-corrected chi connectivity index (χ1v) is 18.3. The van der Waals surface area contributed by atoms with Crippen LogP contribution in [0.3, 0.4) is 0 Å². The van der Waals surface area contributed by atoms with Crippen LogP contribution in [0.5, 0.6) is 0 Å². The summed E-state index contributed by atoms with van der Waals surface area (Å²) in [5.74, 6) is 0. The molecule has 0 spiro atoms. The van der Waals surface area contributed by atoms with Gasteiger partial charge in [-0.25, -0.2) is 4.85 Å². The molecule has 0 aliphatic carbocycles. The van der Waals surface area contributed by atoms with Crippen LogP contribution in [0, 0.1) is 29.2 Å². The normalized spacial score (nSPS) is 11.1. The molecule has 1 heterocycles. The second-order valence-electron chi connectivity index (χ2n) is 12.2. The van der Waals surface area contributed by atoms with Crippen LogP contribution in [0.2, 0.25) is 0 Å². The van der Waals surface area contributed by atoms with Gasteiger partial charge in [-0.05, 0) is 57.5 Å². The van der Waals surface area contributed by atoms with Crippen molar-refractivity contribution in [1.29, 1.82) is 10.5 Å². The molecule has 8 aromatic rings. The van der Waals surface area contributed by atoms with Crippen LogP contribution in [-0.2, 0) is 0 Å². The number of para-hydroxylation sites is 2. The molecule has 0 fully saturated rings. The lowest BCUT2D eigenvalue weighted by atomic mass is 9.96. The highest BCUT2D eigenvalue weighted by atomic mass is 28.3. The Labute approximate surface area is 291 Å². The zero-order valence-corrected chi connectivity index (χ0v) is 28.0. The number of nitrogens with zero attached hydrogens (tertiary/aromatic N) is 4. The van der Waals surface area contributed by atoms with Gasteiger partial charge in [0.2, 0.25) is 0 Å². The van der Waals surface area contributed by atoms with Crippen molar-refractivity contribution >= 4 is 56.3 Å². The van der Waals surface area contributed by atoms with Crippen LogP contribution in [0.15, 0.2) is 170 Å². The quantitative estimate of drug-likeness (QED) is 0.104. The molecular formula is C45H28N4Si. The van der Waals surface area contributed by atoms with Crippen molar-refractivity contribution in [3.05, 3.63) is 192 Å². The number of hydrogen-bond donors (Lipinski definition) is 0. The number of fused-ring (bicyclic) bond motifs is 3. The molecule has 0 saturated heterocycles. The Hall–Kier alpha value is -6.97. The molecule has 5 heteroatoms. The minimum Gasteiger partial charge on any atom is -0.309 e. The van der Waals surface area contributed by atoms with Crippen molar-refractivity contribution in [2.24, 2.45) is 0 Å². The topological polar surface area (TPSA) is 56.9 Å². The summed E-state index contributed by atoms with van der Waals surface area (Å²) < 4.78 is 2.18. The van der Waals surface area contributed by atoms with E-state index in [-0.39, 0.29) is 0 Å². The van der Waals surface area contributed by atoms with Gasteiger partial charge in [0.05, 0.1) is 41.0 Å². The number of benzene rings is 7. The maximum Gasteiger partial charge on any atom is 0.196 e. The summed E-state index contributed by atoms with van der Waals surface area (Å²) in [4.78, 5) is 4.16. The van der Waals surface area contributed by atoms with E-state index in [9.17, 15) is 10.5 Å². The van der Waals surface area contributed by atoms with Crippen LogP contribution in [0.1, 0.15) is 11.1 Å². The lowest BCUT2D eigenvalue weighted by Gasteiger charge is -2.35. The lowest BCUT2D eigenvalue weighted by Crippen LogP contribution is -2.74. The SMILES string of the molecule is [C-]#[N+]c1cc([Si](c2ccccc2)(c2ccccc2)c2ccccc2)cc(C#N)c1-c1ccccc1-n1c2ccccc2c2cc(C#N)ccc21. The van der Waals surface area contributed by atoms with Crippen LogP contribution < -0.4 is 20.7 Å². The van der Waals surface area contributed by atoms with E-state index in [0.717, 1.165) is 38.2 Å². The first-order chi connectivity index (χ1) is 24.7. The molecule has 0 N–H and O–H groups in total. The van der Waals surface area contributed by atoms with E-state index >= 15 is 0 Å². The van der Waals surface area contributed by atoms with Gasteiger partial charge in [0.15, 0.2) is 13.8 Å². The van der Waals surface area contributed by atoms with Gasteiger partial charge in [0.1, 0.15) is 0 Å². The molecule has 232 valence electrons. The van der Waals surface area contributed by atoms with Gasteiger partial charge in [-0.15, -0.1) is 0 Å². The van der Waals surface area contributed by atoms with Crippen LogP contribution in [-0.4, -0.2) is 12.6 Å². The summed E-state index contributed by atoms with van der Waals surface area (Å²) in [5.41, 5.74) is 5.66. The van der Waals surface area contributed by atoms with Crippen molar-refractivity contribution in [2.75, 3.05) is 0 Å². The van der Waals surface area contributed by atoms with E-state index in [2.05, 4.69) is 106 Å². The van der Waals surface area contributed by atoms with E-state index in [1.807, 2.05) is 84.9 Å². The van der Waals surface area contributed by atoms with E-state index < -0.39 is 8.07 Å². The molecule has 1 aromatic heterocycles. The summed E-state index contributed by atoms with van der Waals surface area (Å²) in [6.45, 7) is 8.57. The van der Waals surface area contributed by atoms with E-state index in [4.69, 9.17) is 6.57 Å². The molecule has 7 aromatic carbocycles. The van der Waals surface area contributed by atoms with E-state index in [1.165, 1.54) is 15.6 Å². The number of rotatable bonds is 6. The lowest BCUT2D eigenvalue weighted by molar-refractivity contribution is 1.18. The molecule has 4 nitrogen and oxygen atoms in total. The third kappa shape index (κ3) is 4.72. The monoisotopic (exact) mass is 652 g/mol. The molecule has 0 saturated carbocycles. The van der Waals surface area contributed by atoms with Crippen molar-refractivity contribution in [3.63, 3.8) is 0 Å². The first-order valence-electron chi connectivity index (χ1n) is 16.3. The molecule has 0 radical (unpaired) electrons. The highest BCUT2D eigenvalue weighted by Crippen LogP contribution is 2.41. The Kier molecular flexibility index (Phi) is 7.63. The summed E-state index contributed by atoms with van der Waals surface area (Å²) >= 11 is 0. The fraction of sp³-hybridized carbons (Fsp3) is 0. The second-order valence-corrected chi connectivity index (χ2v) is 16.0. The Morgan fingerprint density at radius 3 is 1.68 bits per heavy atom. The van der Waals surface area contributed by atoms with Crippen LogP contribution in [0.25, 0.3) is 43.5 Å². The maximum atomic E-state index is 10.9. The molecule has 0 bridgehead atoms. The van der Waals surface area contributed by atoms with Gasteiger partial charge in [0, 0.05) is 21.9 Å². The molecular weight excluding hydrogens is 625 g/mol. The average Bonchev–Trinajstić information content (AvgIpc) is 3.52. The molecule has 0 amide bonds. The Bertz CT molecular complexity index is 2540. The maximum absolute atomic E-state index is 10.9. The van der Waals surface area contributed by atoms with Crippen molar-refractivity contribution in [2.45, 2.75) is 0 Å². The van der Waals surface area contributed by atoms with Gasteiger partial charge < -0.3 is 4.57 Å². The van der Waals surface area contributed by atoms with E-state index in [0.29, 0.717) is 22.4 Å². The molecule has 0 atom stereocenters. The van der Waals surface area contributed by atoms with Crippen LogP contribution >= 0.6 is 0 Å². The Balaban J connectivity index is 1.45. The van der Waals surface area contributed by atoms with Gasteiger partial charge in [-0.1, -0.05) is 139 Å². The van der Waals surface area contributed by atoms with Gasteiger partial charge in [0.25, 0.3) is 0 Å². The van der Waals surface area contributed by atoms with Crippen molar-refractivity contribution in [3.8, 4) is 29.0 Å². The van der Waals surface area contributed by atoms with Crippen LogP contribution in [0.4, 0.5) is 5.69 Å². The number of nitriles is 2. The van der Waals surface area contributed by atoms with Gasteiger partial charge >= 0.3 is 0 Å². The molecule has 0 unspecified atom stereocenters. The first kappa shape index (κ1) is 30.4. The predicted molar refractivity (Wildman–Crippen MR) is 206 cm³/mol. The Morgan fingerprint density at radius 1 is 0.520 bits per heavy atom. The zero-order chi connectivity index (χ0) is 34.1. The largest absolute Gasteiger partial charge is 0.309 e. The summed E-state index contributed by atoms with van der Waals surface area (Å²) in [6, 6.07) is 62.3. The predicted octanol–water partition coefficient (Wildman–Crippen LogP) is 8.12. The molecule has 0 aliphatic rings. The minimum atomic E-state index is -2.99. The number of aromatic nitrogens is 1. The third-order valence-corrected chi connectivity index (χ3v) is 14.4. The fourth-order valence-electron chi connectivity index (χ4n) is 7.55. The minimum absolute atomic E-state index is 0.429. The third-order valence-electron chi connectivity index (χ3n) is 9.63. The highest BCUT2D eigenvalue weighted by Gasteiger charge is 2.42. The zero-order valence-electron chi connectivity index (χ0n) is 27.0. The van der Waals surface area contributed by atoms with Gasteiger partial charge in [-0.2, -0.15) is 10.5 Å². The smallest absolute Gasteiger partial charge is 0.196 e. The average molecular weight is 653 g/mol.